The molecule has 0 saturated carbocycles. The number of para-hydroxylation sites is 2. The Balaban J connectivity index is 1.31. The molecule has 1 saturated heterocycles. The molecule has 4 amide bonds. The van der Waals surface area contributed by atoms with E-state index in [-0.39, 0.29) is 13.0 Å². The lowest BCUT2D eigenvalue weighted by atomic mass is 9.93. The van der Waals surface area contributed by atoms with Crippen LogP contribution in [-0.4, -0.2) is 33.0 Å². The number of rotatable bonds is 8. The Morgan fingerprint density at radius 2 is 1.78 bits per heavy atom. The number of urea groups is 1. The van der Waals surface area contributed by atoms with Crippen molar-refractivity contribution in [1.82, 2.24) is 20.3 Å². The summed E-state index contributed by atoms with van der Waals surface area (Å²) in [6, 6.07) is 16.0. The number of hydrogen-bond acceptors (Lipinski definition) is 5. The molecule has 9 heteroatoms. The van der Waals surface area contributed by atoms with Gasteiger partial charge >= 0.3 is 11.8 Å². The number of carbonyl (C=O) groups excluding carboxylic acids is 3. The topological polar surface area (TPSA) is 114 Å². The zero-order chi connectivity index (χ0) is 22.7. The van der Waals surface area contributed by atoms with Gasteiger partial charge in [0.2, 0.25) is 5.91 Å². The Morgan fingerprint density at radius 1 is 1.06 bits per heavy atom. The van der Waals surface area contributed by atoms with Crippen LogP contribution in [0.4, 0.5) is 4.79 Å². The summed E-state index contributed by atoms with van der Waals surface area (Å²) in [5.74, 6) is -1.47. The van der Waals surface area contributed by atoms with Crippen molar-refractivity contribution < 1.29 is 18.8 Å². The number of aromatic nitrogens is 1. The molecular formula is C23H24N4O5. The van der Waals surface area contributed by atoms with Crippen molar-refractivity contribution in [3.63, 3.8) is 0 Å². The Kier molecular flexibility index (Phi) is 5.81. The molecule has 0 unspecified atom stereocenters. The van der Waals surface area contributed by atoms with Crippen molar-refractivity contribution in [1.29, 1.82) is 0 Å². The van der Waals surface area contributed by atoms with Crippen LogP contribution in [0.1, 0.15) is 31.7 Å². The van der Waals surface area contributed by atoms with E-state index in [9.17, 15) is 19.2 Å². The highest BCUT2D eigenvalue weighted by atomic mass is 16.4. The van der Waals surface area contributed by atoms with Crippen LogP contribution in [0.5, 0.6) is 0 Å². The maximum Gasteiger partial charge on any atom is 0.419 e. The Morgan fingerprint density at radius 3 is 2.56 bits per heavy atom. The molecule has 1 aliphatic heterocycles. The average Bonchev–Trinajstić information content (AvgIpc) is 3.21. The fourth-order valence-corrected chi connectivity index (χ4v) is 3.80. The van der Waals surface area contributed by atoms with Gasteiger partial charge in [-0.15, -0.1) is 0 Å². The number of oxazole rings is 1. The lowest BCUT2D eigenvalue weighted by Gasteiger charge is -2.21. The predicted octanol–water partition coefficient (Wildman–Crippen LogP) is 2.35. The van der Waals surface area contributed by atoms with Crippen LogP contribution < -0.4 is 16.5 Å². The Bertz CT molecular complexity index is 1220. The van der Waals surface area contributed by atoms with Crippen LogP contribution in [0.2, 0.25) is 0 Å². The quantitative estimate of drug-likeness (QED) is 0.526. The van der Waals surface area contributed by atoms with Crippen LogP contribution >= 0.6 is 0 Å². The van der Waals surface area contributed by atoms with Gasteiger partial charge in [-0.05, 0) is 43.9 Å². The number of carbonyl (C=O) groups is 3. The van der Waals surface area contributed by atoms with Gasteiger partial charge in [-0.2, -0.15) is 5.01 Å². The summed E-state index contributed by atoms with van der Waals surface area (Å²) >= 11 is 0. The number of aryl methyl sites for hydroxylation is 2. The van der Waals surface area contributed by atoms with Crippen molar-refractivity contribution in [2.75, 3.05) is 0 Å². The van der Waals surface area contributed by atoms with E-state index >= 15 is 0 Å². The van der Waals surface area contributed by atoms with Gasteiger partial charge in [-0.25, -0.2) is 9.59 Å². The smallest absolute Gasteiger partial charge is 0.408 e. The molecule has 3 aromatic rings. The molecule has 166 valence electrons. The van der Waals surface area contributed by atoms with Gasteiger partial charge in [-0.3, -0.25) is 19.6 Å². The molecule has 1 aromatic heterocycles. The highest BCUT2D eigenvalue weighted by Gasteiger charge is 2.48. The SMILES string of the molecule is C[C@@]1(CCc2ccccc2)NC(=O)N(NC(=O)CCCn2c(=O)oc3ccccc32)C1=O. The highest BCUT2D eigenvalue weighted by Crippen LogP contribution is 2.22. The fraction of sp³-hybridized carbons (Fsp3) is 0.304. The molecule has 9 nitrogen and oxygen atoms in total. The molecule has 0 radical (unpaired) electrons. The van der Waals surface area contributed by atoms with Gasteiger partial charge in [-0.1, -0.05) is 42.5 Å². The molecule has 1 fully saturated rings. The normalized spacial score (nSPS) is 18.2. The third-order valence-corrected chi connectivity index (χ3v) is 5.61. The minimum absolute atomic E-state index is 0.0315. The first kappa shape index (κ1) is 21.4. The molecule has 0 aliphatic carbocycles. The van der Waals surface area contributed by atoms with E-state index in [1.54, 1.807) is 31.2 Å². The number of benzene rings is 2. The maximum atomic E-state index is 12.8. The molecule has 2 N–H and O–H groups in total. The Hall–Kier alpha value is -3.88. The van der Waals surface area contributed by atoms with E-state index < -0.39 is 29.1 Å². The summed E-state index contributed by atoms with van der Waals surface area (Å²) in [6.07, 6.45) is 1.39. The van der Waals surface area contributed by atoms with Crippen molar-refractivity contribution in [3.8, 4) is 0 Å². The number of amides is 4. The van der Waals surface area contributed by atoms with Crippen molar-refractivity contribution >= 4 is 28.9 Å². The van der Waals surface area contributed by atoms with Gasteiger partial charge in [0.15, 0.2) is 5.58 Å². The largest absolute Gasteiger partial charge is 0.419 e. The van der Waals surface area contributed by atoms with Crippen LogP contribution in [0.25, 0.3) is 11.1 Å². The molecule has 0 bridgehead atoms. The number of fused-ring (bicyclic) bond motifs is 1. The summed E-state index contributed by atoms with van der Waals surface area (Å²) < 4.78 is 6.63. The average molecular weight is 436 g/mol. The number of nitrogens with one attached hydrogen (secondary N) is 2. The molecular weight excluding hydrogens is 412 g/mol. The molecule has 4 rings (SSSR count). The van der Waals surface area contributed by atoms with Gasteiger partial charge in [0, 0.05) is 13.0 Å². The van der Waals surface area contributed by atoms with Gasteiger partial charge in [0.25, 0.3) is 5.91 Å². The van der Waals surface area contributed by atoms with E-state index in [2.05, 4.69) is 10.7 Å². The van der Waals surface area contributed by atoms with Crippen LogP contribution in [0.3, 0.4) is 0 Å². The van der Waals surface area contributed by atoms with E-state index in [0.29, 0.717) is 30.4 Å². The van der Waals surface area contributed by atoms with E-state index in [0.717, 1.165) is 10.6 Å². The zero-order valence-electron chi connectivity index (χ0n) is 17.7. The first-order valence-electron chi connectivity index (χ1n) is 10.5. The maximum absolute atomic E-state index is 12.8. The van der Waals surface area contributed by atoms with E-state index in [1.807, 2.05) is 30.3 Å². The third kappa shape index (κ3) is 4.27. The summed E-state index contributed by atoms with van der Waals surface area (Å²) in [6.45, 7) is 1.93. The summed E-state index contributed by atoms with van der Waals surface area (Å²) in [5, 5.41) is 3.42. The molecule has 0 spiro atoms. The molecule has 32 heavy (non-hydrogen) atoms. The van der Waals surface area contributed by atoms with E-state index in [1.165, 1.54) is 4.57 Å². The van der Waals surface area contributed by atoms with Crippen molar-refractivity contribution in [2.45, 2.75) is 44.7 Å². The number of hydrogen-bond donors (Lipinski definition) is 2. The highest BCUT2D eigenvalue weighted by molar-refractivity contribution is 6.07. The van der Waals surface area contributed by atoms with Gasteiger partial charge < -0.3 is 9.73 Å². The van der Waals surface area contributed by atoms with E-state index in [4.69, 9.17) is 4.42 Å². The zero-order valence-corrected chi connectivity index (χ0v) is 17.7. The van der Waals surface area contributed by atoms with Crippen molar-refractivity contribution in [3.05, 3.63) is 70.7 Å². The lowest BCUT2D eigenvalue weighted by molar-refractivity contribution is -0.138. The minimum atomic E-state index is -1.09. The number of hydrazine groups is 1. The van der Waals surface area contributed by atoms with Crippen LogP contribution in [0.15, 0.2) is 63.8 Å². The predicted molar refractivity (Wildman–Crippen MR) is 116 cm³/mol. The number of nitrogens with zero attached hydrogens (tertiary/aromatic N) is 2. The van der Waals surface area contributed by atoms with Crippen LogP contribution in [-0.2, 0) is 22.6 Å². The minimum Gasteiger partial charge on any atom is -0.408 e. The summed E-state index contributed by atoms with van der Waals surface area (Å²) in [7, 11) is 0. The molecule has 2 heterocycles. The third-order valence-electron chi connectivity index (χ3n) is 5.61. The first-order chi connectivity index (χ1) is 15.4. The molecule has 1 aliphatic rings. The monoisotopic (exact) mass is 436 g/mol. The second-order valence-electron chi connectivity index (χ2n) is 8.01. The molecule has 2 aromatic carbocycles. The van der Waals surface area contributed by atoms with Gasteiger partial charge in [0.05, 0.1) is 5.52 Å². The number of imide groups is 1. The van der Waals surface area contributed by atoms with Crippen LogP contribution in [0, 0.1) is 0 Å². The molecule has 1 atom stereocenters. The Labute approximate surface area is 184 Å². The standard InChI is InChI=1S/C23H24N4O5/c1-23(14-13-16-8-3-2-4-9-16)20(29)27(21(30)24-23)25-19(28)12-7-15-26-17-10-5-6-11-18(17)32-22(26)31/h2-6,8-11H,7,12-15H2,1H3,(H,24,30)(H,25,28)/t23-/m0/s1. The first-order valence-corrected chi connectivity index (χ1v) is 10.5. The second kappa shape index (κ2) is 8.70. The lowest BCUT2D eigenvalue weighted by Crippen LogP contribution is -2.48. The van der Waals surface area contributed by atoms with Gasteiger partial charge in [0.1, 0.15) is 5.54 Å². The summed E-state index contributed by atoms with van der Waals surface area (Å²) in [4.78, 5) is 49.5. The fourth-order valence-electron chi connectivity index (χ4n) is 3.80. The van der Waals surface area contributed by atoms with Crippen molar-refractivity contribution in [2.24, 2.45) is 0 Å². The summed E-state index contributed by atoms with van der Waals surface area (Å²) in [5.41, 5.74) is 3.48. The second-order valence-corrected chi connectivity index (χ2v) is 8.01.